The second-order valence-corrected chi connectivity index (χ2v) is 6.91. The molecular formula is C14H17N3O3S. The van der Waals surface area contributed by atoms with Gasteiger partial charge in [0.25, 0.3) is 5.56 Å². The second kappa shape index (κ2) is 6.09. The summed E-state index contributed by atoms with van der Waals surface area (Å²) in [4.78, 5) is 13.9. The molecule has 0 radical (unpaired) electrons. The molecule has 0 aliphatic rings. The van der Waals surface area contributed by atoms with E-state index in [4.69, 9.17) is 0 Å². The van der Waals surface area contributed by atoms with Crippen molar-refractivity contribution in [2.45, 2.75) is 11.4 Å². The molecule has 0 saturated heterocycles. The maximum atomic E-state index is 12.1. The summed E-state index contributed by atoms with van der Waals surface area (Å²) in [5.41, 5.74) is 0.367. The second-order valence-electron chi connectivity index (χ2n) is 4.80. The number of anilines is 1. The minimum Gasteiger partial charge on any atom is -0.376 e. The number of benzene rings is 1. The summed E-state index contributed by atoms with van der Waals surface area (Å²) in [5.74, 6) is -0.161. The minimum atomic E-state index is -3.41. The van der Waals surface area contributed by atoms with Gasteiger partial charge >= 0.3 is 0 Å². The number of nitrogens with zero attached hydrogens (tertiary/aromatic N) is 3. The van der Waals surface area contributed by atoms with Crippen molar-refractivity contribution in [3.63, 3.8) is 0 Å². The molecule has 21 heavy (non-hydrogen) atoms. The summed E-state index contributed by atoms with van der Waals surface area (Å²) < 4.78 is 25.4. The van der Waals surface area contributed by atoms with Gasteiger partial charge in [0.15, 0.2) is 9.84 Å². The molecule has 1 aromatic carbocycles. The molecule has 0 aliphatic carbocycles. The molecule has 1 aromatic heterocycles. The Balaban J connectivity index is 2.15. The van der Waals surface area contributed by atoms with Gasteiger partial charge in [-0.25, -0.2) is 13.1 Å². The Morgan fingerprint density at radius 2 is 1.86 bits per heavy atom. The number of aryl methyl sites for hydroxylation is 1. The summed E-state index contributed by atoms with van der Waals surface area (Å²) in [6, 6.07) is 9.61. The van der Waals surface area contributed by atoms with Gasteiger partial charge < -0.3 is 4.90 Å². The van der Waals surface area contributed by atoms with Crippen molar-refractivity contribution in [2.24, 2.45) is 0 Å². The van der Waals surface area contributed by atoms with Crippen molar-refractivity contribution >= 4 is 15.5 Å². The highest BCUT2D eigenvalue weighted by Gasteiger charge is 2.14. The Labute approximate surface area is 123 Å². The van der Waals surface area contributed by atoms with Crippen LogP contribution in [0.2, 0.25) is 0 Å². The lowest BCUT2D eigenvalue weighted by atomic mass is 10.4. The van der Waals surface area contributed by atoms with Gasteiger partial charge in [0.2, 0.25) is 0 Å². The lowest BCUT2D eigenvalue weighted by Crippen LogP contribution is -2.27. The predicted molar refractivity (Wildman–Crippen MR) is 81.3 cm³/mol. The highest BCUT2D eigenvalue weighted by molar-refractivity contribution is 7.91. The van der Waals surface area contributed by atoms with Gasteiger partial charge in [0.05, 0.1) is 29.1 Å². The monoisotopic (exact) mass is 307 g/mol. The van der Waals surface area contributed by atoms with Gasteiger partial charge in [-0.2, -0.15) is 5.10 Å². The van der Waals surface area contributed by atoms with Gasteiger partial charge in [-0.05, 0) is 12.1 Å². The number of rotatable bonds is 5. The van der Waals surface area contributed by atoms with E-state index in [9.17, 15) is 13.2 Å². The highest BCUT2D eigenvalue weighted by atomic mass is 32.2. The highest BCUT2D eigenvalue weighted by Crippen LogP contribution is 2.10. The van der Waals surface area contributed by atoms with E-state index in [-0.39, 0.29) is 22.8 Å². The number of hydrogen-bond acceptors (Lipinski definition) is 5. The first-order valence-electron chi connectivity index (χ1n) is 6.42. The molecule has 112 valence electrons. The third kappa shape index (κ3) is 3.69. The van der Waals surface area contributed by atoms with Crippen LogP contribution in [-0.4, -0.2) is 38.0 Å². The SMILES string of the molecule is CN(C)c1cnn(CCS(=O)(=O)c2ccccc2)c(=O)c1. The average molecular weight is 307 g/mol. The van der Waals surface area contributed by atoms with E-state index < -0.39 is 9.84 Å². The zero-order valence-corrected chi connectivity index (χ0v) is 12.7. The largest absolute Gasteiger partial charge is 0.376 e. The Kier molecular flexibility index (Phi) is 4.42. The van der Waals surface area contributed by atoms with Crippen molar-refractivity contribution in [2.75, 3.05) is 24.7 Å². The van der Waals surface area contributed by atoms with Crippen LogP contribution in [0.3, 0.4) is 0 Å². The lowest BCUT2D eigenvalue weighted by Gasteiger charge is -2.12. The summed E-state index contributed by atoms with van der Waals surface area (Å²) in [7, 11) is 0.201. The first kappa shape index (κ1) is 15.2. The molecule has 6 nitrogen and oxygen atoms in total. The van der Waals surface area contributed by atoms with E-state index in [1.54, 1.807) is 49.3 Å². The average Bonchev–Trinajstić information content (AvgIpc) is 2.46. The Morgan fingerprint density at radius 1 is 1.19 bits per heavy atom. The first-order chi connectivity index (χ1) is 9.90. The quantitative estimate of drug-likeness (QED) is 0.816. The van der Waals surface area contributed by atoms with Gasteiger partial charge in [0, 0.05) is 20.2 Å². The van der Waals surface area contributed by atoms with E-state index in [1.807, 2.05) is 0 Å². The number of aromatic nitrogens is 2. The molecule has 0 amide bonds. The minimum absolute atomic E-state index is 0.0315. The molecule has 0 saturated carbocycles. The zero-order chi connectivity index (χ0) is 15.5. The fourth-order valence-electron chi connectivity index (χ4n) is 1.79. The summed E-state index contributed by atoms with van der Waals surface area (Å²) in [5, 5.41) is 3.99. The molecule has 0 spiro atoms. The molecular weight excluding hydrogens is 290 g/mol. The molecule has 0 fully saturated rings. The van der Waals surface area contributed by atoms with E-state index in [0.29, 0.717) is 5.69 Å². The van der Waals surface area contributed by atoms with Crippen LogP contribution in [0.25, 0.3) is 0 Å². The molecule has 0 N–H and O–H groups in total. The molecule has 0 unspecified atom stereocenters. The Bertz CT molecular complexity index is 768. The van der Waals surface area contributed by atoms with Crippen LogP contribution in [-0.2, 0) is 16.4 Å². The fraction of sp³-hybridized carbons (Fsp3) is 0.286. The van der Waals surface area contributed by atoms with Crippen LogP contribution < -0.4 is 10.5 Å². The number of sulfone groups is 1. The maximum absolute atomic E-state index is 12.1. The van der Waals surface area contributed by atoms with Gasteiger partial charge in [0.1, 0.15) is 0 Å². The van der Waals surface area contributed by atoms with Crippen molar-refractivity contribution < 1.29 is 8.42 Å². The Hall–Kier alpha value is -2.15. The van der Waals surface area contributed by atoms with Gasteiger partial charge in [-0.3, -0.25) is 4.79 Å². The third-order valence-corrected chi connectivity index (χ3v) is 4.76. The molecule has 0 atom stereocenters. The summed E-state index contributed by atoms with van der Waals surface area (Å²) in [6.07, 6.45) is 1.54. The van der Waals surface area contributed by atoms with Crippen LogP contribution in [0.1, 0.15) is 0 Å². The fourth-order valence-corrected chi connectivity index (χ4v) is 3.01. The smallest absolute Gasteiger partial charge is 0.268 e. The normalized spacial score (nSPS) is 11.3. The summed E-state index contributed by atoms with van der Waals surface area (Å²) in [6.45, 7) is 0.0315. The predicted octanol–water partition coefficient (Wildman–Crippen LogP) is 0.783. The first-order valence-corrected chi connectivity index (χ1v) is 8.08. The van der Waals surface area contributed by atoms with Crippen LogP contribution in [0.5, 0.6) is 0 Å². The van der Waals surface area contributed by atoms with E-state index >= 15 is 0 Å². The van der Waals surface area contributed by atoms with Crippen LogP contribution >= 0.6 is 0 Å². The van der Waals surface area contributed by atoms with Crippen LogP contribution in [0.4, 0.5) is 5.69 Å². The Morgan fingerprint density at radius 3 is 2.43 bits per heavy atom. The molecule has 7 heteroatoms. The van der Waals surface area contributed by atoms with Crippen molar-refractivity contribution in [3.05, 3.63) is 52.9 Å². The third-order valence-electron chi connectivity index (χ3n) is 3.05. The lowest BCUT2D eigenvalue weighted by molar-refractivity contribution is 0.571. The maximum Gasteiger partial charge on any atom is 0.268 e. The van der Waals surface area contributed by atoms with Crippen molar-refractivity contribution in [1.29, 1.82) is 0 Å². The standard InChI is InChI=1S/C14H17N3O3S/c1-16(2)12-10-14(18)17(15-11-12)8-9-21(19,20)13-6-4-3-5-7-13/h3-7,10-11H,8-9H2,1-2H3. The molecule has 2 aromatic rings. The van der Waals surface area contributed by atoms with Crippen molar-refractivity contribution in [1.82, 2.24) is 9.78 Å². The number of hydrogen-bond donors (Lipinski definition) is 0. The molecule has 0 aliphatic heterocycles. The van der Waals surface area contributed by atoms with E-state index in [1.165, 1.54) is 12.3 Å². The molecule has 0 bridgehead atoms. The zero-order valence-electron chi connectivity index (χ0n) is 11.9. The van der Waals surface area contributed by atoms with Gasteiger partial charge in [-0.1, -0.05) is 18.2 Å². The van der Waals surface area contributed by atoms with Crippen LogP contribution in [0, 0.1) is 0 Å². The topological polar surface area (TPSA) is 72.3 Å². The molecule has 2 rings (SSSR count). The van der Waals surface area contributed by atoms with Gasteiger partial charge in [-0.15, -0.1) is 0 Å². The van der Waals surface area contributed by atoms with Crippen LogP contribution in [0.15, 0.2) is 52.3 Å². The van der Waals surface area contributed by atoms with E-state index in [0.717, 1.165) is 4.68 Å². The summed E-state index contributed by atoms with van der Waals surface area (Å²) >= 11 is 0. The van der Waals surface area contributed by atoms with Crippen molar-refractivity contribution in [3.8, 4) is 0 Å². The molecule has 1 heterocycles. The van der Waals surface area contributed by atoms with E-state index in [2.05, 4.69) is 5.10 Å².